The molecule has 1 radical (unpaired) electrons. The smallest absolute Gasteiger partial charge is 0.205 e. The molecule has 19 heavy (non-hydrogen) atoms. The largest absolute Gasteiger partial charge is 0.411 e. The van der Waals surface area contributed by atoms with Crippen LogP contribution in [0.3, 0.4) is 0 Å². The van der Waals surface area contributed by atoms with Crippen LogP contribution in [0.1, 0.15) is 32.3 Å². The Morgan fingerprint density at radius 1 is 1.32 bits per heavy atom. The molecule has 2 heterocycles. The van der Waals surface area contributed by atoms with Crippen LogP contribution in [0.25, 0.3) is 11.0 Å². The minimum atomic E-state index is -0.706. The van der Waals surface area contributed by atoms with E-state index in [-0.39, 0.29) is 5.41 Å². The van der Waals surface area contributed by atoms with E-state index in [0.29, 0.717) is 6.61 Å². The van der Waals surface area contributed by atoms with Crippen LogP contribution in [0.15, 0.2) is 12.3 Å². The second kappa shape index (κ2) is 5.05. The van der Waals surface area contributed by atoms with Gasteiger partial charge in [-0.15, -0.1) is 0 Å². The van der Waals surface area contributed by atoms with Gasteiger partial charge in [0, 0.05) is 18.7 Å². The van der Waals surface area contributed by atoms with E-state index in [1.807, 2.05) is 12.3 Å². The van der Waals surface area contributed by atoms with Gasteiger partial charge in [-0.2, -0.15) is 0 Å². The van der Waals surface area contributed by atoms with Crippen LogP contribution in [0.4, 0.5) is 0 Å². The minimum absolute atomic E-state index is 0.0242. The molecule has 0 N–H and O–H groups in total. The van der Waals surface area contributed by atoms with Crippen LogP contribution in [0, 0.1) is 0 Å². The van der Waals surface area contributed by atoms with Gasteiger partial charge in [-0.25, -0.2) is 4.98 Å². The van der Waals surface area contributed by atoms with Gasteiger partial charge in [0.05, 0.1) is 17.8 Å². The van der Waals surface area contributed by atoms with Gasteiger partial charge in [-0.05, 0) is 19.2 Å². The summed E-state index contributed by atoms with van der Waals surface area (Å²) in [6, 6.07) is 2.02. The molecule has 103 valence electrons. The molecule has 0 aliphatic carbocycles. The van der Waals surface area contributed by atoms with Crippen molar-refractivity contribution in [2.45, 2.75) is 45.9 Å². The van der Waals surface area contributed by atoms with Crippen molar-refractivity contribution >= 4 is 20.1 Å². The highest BCUT2D eigenvalue weighted by molar-refractivity contribution is 6.48. The first-order valence-corrected chi connectivity index (χ1v) is 8.95. The average molecular weight is 276 g/mol. The van der Waals surface area contributed by atoms with Crippen molar-refractivity contribution in [2.24, 2.45) is 7.05 Å². The Hall–Kier alpha value is -1.20. The molecule has 0 saturated carbocycles. The van der Waals surface area contributed by atoms with Crippen LogP contribution in [0.2, 0.25) is 13.1 Å². The second-order valence-electron chi connectivity index (χ2n) is 6.07. The number of hydrogen-bond donors (Lipinski definition) is 0. The maximum atomic E-state index is 5.76. The fourth-order valence-corrected chi connectivity index (χ4v) is 2.59. The van der Waals surface area contributed by atoms with Gasteiger partial charge < -0.3 is 8.99 Å². The fraction of sp³-hybridized carbons (Fsp3) is 0.571. The topological polar surface area (TPSA) is 39.9 Å². The number of pyridine rings is 1. The molecule has 0 aliphatic rings. The lowest BCUT2D eigenvalue weighted by Gasteiger charge is -2.17. The van der Waals surface area contributed by atoms with E-state index in [9.17, 15) is 0 Å². The molecule has 2 rings (SSSR count). The molecule has 0 aromatic carbocycles. The average Bonchev–Trinajstić information content (AvgIpc) is 2.65. The lowest BCUT2D eigenvalue weighted by atomic mass is 9.96. The van der Waals surface area contributed by atoms with Crippen molar-refractivity contribution in [2.75, 3.05) is 0 Å². The molecule has 0 bridgehead atoms. The van der Waals surface area contributed by atoms with Crippen molar-refractivity contribution in [3.63, 3.8) is 0 Å². The summed E-state index contributed by atoms with van der Waals surface area (Å²) in [4.78, 5) is 9.22. The summed E-state index contributed by atoms with van der Waals surface area (Å²) < 4.78 is 7.92. The molecule has 0 aliphatic heterocycles. The minimum Gasteiger partial charge on any atom is -0.411 e. The molecule has 5 heteroatoms. The first-order chi connectivity index (χ1) is 8.80. The number of fused-ring (bicyclic) bond motifs is 1. The first kappa shape index (κ1) is 14.2. The van der Waals surface area contributed by atoms with E-state index in [0.717, 1.165) is 22.6 Å². The summed E-state index contributed by atoms with van der Waals surface area (Å²) >= 11 is 0. The molecular formula is C14H22N3OSi. The second-order valence-corrected chi connectivity index (χ2v) is 8.17. The Kier molecular flexibility index (Phi) is 3.78. The van der Waals surface area contributed by atoms with Gasteiger partial charge >= 0.3 is 0 Å². The van der Waals surface area contributed by atoms with E-state index in [1.54, 1.807) is 0 Å². The van der Waals surface area contributed by atoms with Crippen LogP contribution < -0.4 is 0 Å². The van der Waals surface area contributed by atoms with Crippen molar-refractivity contribution in [3.05, 3.63) is 23.8 Å². The standard InChI is InChI=1S/C14H22N3OSi/c1-14(2,3)13-16-12-10(9-18-19(5)6)15-8-7-11(12)17(13)4/h7-8H,9H2,1-6H3. The highest BCUT2D eigenvalue weighted by atomic mass is 28.3. The Labute approximate surface area is 116 Å². The number of aromatic nitrogens is 3. The van der Waals surface area contributed by atoms with Gasteiger partial charge in [-0.3, -0.25) is 4.98 Å². The Balaban J connectivity index is 2.51. The van der Waals surface area contributed by atoms with Gasteiger partial charge in [0.15, 0.2) is 0 Å². The number of rotatable bonds is 3. The van der Waals surface area contributed by atoms with Crippen molar-refractivity contribution in [1.29, 1.82) is 0 Å². The normalized spacial score (nSPS) is 12.6. The third-order valence-electron chi connectivity index (χ3n) is 3.04. The van der Waals surface area contributed by atoms with Crippen LogP contribution >= 0.6 is 0 Å². The third-order valence-corrected chi connectivity index (χ3v) is 3.77. The summed E-state index contributed by atoms with van der Waals surface area (Å²) in [7, 11) is 1.36. The van der Waals surface area contributed by atoms with E-state index in [1.165, 1.54) is 0 Å². The monoisotopic (exact) mass is 276 g/mol. The predicted molar refractivity (Wildman–Crippen MR) is 79.5 cm³/mol. The van der Waals surface area contributed by atoms with Gasteiger partial charge in [0.2, 0.25) is 9.04 Å². The lowest BCUT2D eigenvalue weighted by Crippen LogP contribution is -2.17. The molecule has 0 spiro atoms. The van der Waals surface area contributed by atoms with Crippen LogP contribution in [-0.2, 0) is 23.5 Å². The van der Waals surface area contributed by atoms with Crippen molar-refractivity contribution in [1.82, 2.24) is 14.5 Å². The zero-order chi connectivity index (χ0) is 14.2. The summed E-state index contributed by atoms with van der Waals surface area (Å²) in [6.07, 6.45) is 1.84. The summed E-state index contributed by atoms with van der Waals surface area (Å²) in [5.74, 6) is 1.08. The molecule has 4 nitrogen and oxygen atoms in total. The molecule has 2 aromatic heterocycles. The Bertz CT molecular complexity index is 584. The summed E-state index contributed by atoms with van der Waals surface area (Å²) in [5, 5.41) is 0. The van der Waals surface area contributed by atoms with Gasteiger partial charge in [0.1, 0.15) is 11.3 Å². The van der Waals surface area contributed by atoms with Gasteiger partial charge in [0.25, 0.3) is 0 Å². The quantitative estimate of drug-likeness (QED) is 0.809. The van der Waals surface area contributed by atoms with Gasteiger partial charge in [-0.1, -0.05) is 20.8 Å². The van der Waals surface area contributed by atoms with Crippen molar-refractivity contribution < 1.29 is 4.43 Å². The van der Waals surface area contributed by atoms with E-state index >= 15 is 0 Å². The molecular weight excluding hydrogens is 254 g/mol. The number of imidazole rings is 1. The maximum absolute atomic E-state index is 5.76. The summed E-state index contributed by atoms with van der Waals surface area (Å²) in [5.41, 5.74) is 3.06. The lowest BCUT2D eigenvalue weighted by molar-refractivity contribution is 0.311. The molecule has 2 aromatic rings. The number of hydrogen-bond acceptors (Lipinski definition) is 3. The molecule has 0 amide bonds. The maximum Gasteiger partial charge on any atom is 0.205 e. The molecule has 0 atom stereocenters. The zero-order valence-corrected chi connectivity index (χ0v) is 13.6. The summed E-state index contributed by atoms with van der Waals surface area (Å²) in [6.45, 7) is 11.3. The van der Waals surface area contributed by atoms with Crippen molar-refractivity contribution in [3.8, 4) is 0 Å². The first-order valence-electron chi connectivity index (χ1n) is 6.54. The van der Waals surface area contributed by atoms with E-state index < -0.39 is 9.04 Å². The number of aryl methyl sites for hydroxylation is 1. The molecule has 0 fully saturated rings. The highest BCUT2D eigenvalue weighted by Gasteiger charge is 2.22. The third kappa shape index (κ3) is 2.87. The van der Waals surface area contributed by atoms with Crippen LogP contribution in [-0.4, -0.2) is 23.6 Å². The predicted octanol–water partition coefficient (Wildman–Crippen LogP) is 3.03. The SMILES string of the molecule is Cn1c(C(C)(C)C)nc2c(CO[Si](C)C)nccc21. The Morgan fingerprint density at radius 2 is 2.00 bits per heavy atom. The van der Waals surface area contributed by atoms with E-state index in [2.05, 4.69) is 50.5 Å². The molecule has 0 unspecified atom stereocenters. The fourth-order valence-electron chi connectivity index (χ4n) is 2.16. The molecule has 0 saturated heterocycles. The number of nitrogens with zero attached hydrogens (tertiary/aromatic N) is 3. The van der Waals surface area contributed by atoms with E-state index in [4.69, 9.17) is 9.41 Å². The van der Waals surface area contributed by atoms with Crippen LogP contribution in [0.5, 0.6) is 0 Å². The zero-order valence-electron chi connectivity index (χ0n) is 12.6. The highest BCUT2D eigenvalue weighted by Crippen LogP contribution is 2.26. The Morgan fingerprint density at radius 3 is 2.58 bits per heavy atom.